The van der Waals surface area contributed by atoms with Crippen molar-refractivity contribution in [2.24, 2.45) is 0 Å². The molecule has 0 fully saturated rings. The summed E-state index contributed by atoms with van der Waals surface area (Å²) in [6, 6.07) is 8.65. The molecule has 1 N–H and O–H groups in total. The highest BCUT2D eigenvalue weighted by molar-refractivity contribution is 6.34. The van der Waals surface area contributed by atoms with Gasteiger partial charge in [0.2, 0.25) is 0 Å². The first-order valence-electron chi connectivity index (χ1n) is 5.40. The first-order chi connectivity index (χ1) is 9.04. The second-order valence-electron chi connectivity index (χ2n) is 3.81. The number of methoxy groups -OCH3 is 1. The number of aromatic carboxylic acids is 1. The van der Waals surface area contributed by atoms with E-state index in [1.807, 2.05) is 0 Å². The van der Waals surface area contributed by atoms with E-state index in [4.69, 9.17) is 16.3 Å². The summed E-state index contributed by atoms with van der Waals surface area (Å²) in [6.07, 6.45) is 0. The molecule has 0 bridgehead atoms. The lowest BCUT2D eigenvalue weighted by molar-refractivity contribution is 0.0698. The van der Waals surface area contributed by atoms with Gasteiger partial charge in [-0.05, 0) is 24.3 Å². The van der Waals surface area contributed by atoms with Crippen LogP contribution in [0.5, 0.6) is 5.75 Å². The van der Waals surface area contributed by atoms with Gasteiger partial charge in [-0.2, -0.15) is 0 Å². The predicted octanol–water partition coefficient (Wildman–Crippen LogP) is 3.85. The van der Waals surface area contributed by atoms with E-state index in [-0.39, 0.29) is 21.7 Å². The number of hydrogen-bond donors (Lipinski definition) is 1. The van der Waals surface area contributed by atoms with Crippen LogP contribution in [0.1, 0.15) is 10.4 Å². The van der Waals surface area contributed by atoms with Gasteiger partial charge in [-0.15, -0.1) is 0 Å². The Kier molecular flexibility index (Phi) is 3.71. The van der Waals surface area contributed by atoms with Crippen molar-refractivity contribution in [3.05, 3.63) is 52.8 Å². The highest BCUT2D eigenvalue weighted by Crippen LogP contribution is 2.33. The summed E-state index contributed by atoms with van der Waals surface area (Å²) in [5.74, 6) is -1.30. The van der Waals surface area contributed by atoms with Crippen LogP contribution >= 0.6 is 11.6 Å². The highest BCUT2D eigenvalue weighted by atomic mass is 35.5. The summed E-state index contributed by atoms with van der Waals surface area (Å²) in [5, 5.41) is 9.25. The fraction of sp³-hybridized carbons (Fsp3) is 0.0714. The zero-order valence-electron chi connectivity index (χ0n) is 9.98. The van der Waals surface area contributed by atoms with E-state index in [9.17, 15) is 14.3 Å². The van der Waals surface area contributed by atoms with Crippen LogP contribution in [0.25, 0.3) is 11.1 Å². The molecule has 0 aromatic heterocycles. The molecule has 98 valence electrons. The van der Waals surface area contributed by atoms with Gasteiger partial charge in [0.15, 0.2) is 0 Å². The standard InChI is InChI=1S/C14H10ClFO3/c1-19-8-5-6-12(16)10(7-8)9-3-2-4-11(15)13(9)14(17)18/h2-7H,1H3,(H,17,18). The normalized spacial score (nSPS) is 10.3. The van der Waals surface area contributed by atoms with Gasteiger partial charge >= 0.3 is 5.97 Å². The van der Waals surface area contributed by atoms with E-state index in [1.165, 1.54) is 37.4 Å². The molecule has 2 rings (SSSR count). The van der Waals surface area contributed by atoms with Gasteiger partial charge in [0.05, 0.1) is 17.7 Å². The molecule has 0 heterocycles. The third-order valence-electron chi connectivity index (χ3n) is 2.69. The van der Waals surface area contributed by atoms with Gasteiger partial charge in [0.25, 0.3) is 0 Å². The Morgan fingerprint density at radius 1 is 1.26 bits per heavy atom. The Morgan fingerprint density at radius 2 is 2.00 bits per heavy atom. The first kappa shape index (κ1) is 13.4. The minimum absolute atomic E-state index is 0.0622. The van der Waals surface area contributed by atoms with E-state index in [0.717, 1.165) is 0 Å². The van der Waals surface area contributed by atoms with Crippen molar-refractivity contribution in [2.45, 2.75) is 0 Å². The largest absolute Gasteiger partial charge is 0.497 e. The number of halogens is 2. The second-order valence-corrected chi connectivity index (χ2v) is 4.22. The quantitative estimate of drug-likeness (QED) is 0.929. The van der Waals surface area contributed by atoms with Gasteiger partial charge in [-0.1, -0.05) is 23.7 Å². The molecule has 3 nitrogen and oxygen atoms in total. The topological polar surface area (TPSA) is 46.5 Å². The minimum atomic E-state index is -1.21. The fourth-order valence-electron chi connectivity index (χ4n) is 1.80. The van der Waals surface area contributed by atoms with Gasteiger partial charge in [-0.25, -0.2) is 9.18 Å². The number of carboxylic acids is 1. The molecule has 5 heteroatoms. The lowest BCUT2D eigenvalue weighted by atomic mass is 9.99. The van der Waals surface area contributed by atoms with Crippen molar-refractivity contribution in [3.63, 3.8) is 0 Å². The van der Waals surface area contributed by atoms with E-state index < -0.39 is 11.8 Å². The van der Waals surface area contributed by atoms with E-state index in [2.05, 4.69) is 0 Å². The van der Waals surface area contributed by atoms with E-state index in [1.54, 1.807) is 6.07 Å². The Hall–Kier alpha value is -2.07. The zero-order valence-corrected chi connectivity index (χ0v) is 10.7. The Labute approximate surface area is 114 Å². The fourth-order valence-corrected chi connectivity index (χ4v) is 2.06. The van der Waals surface area contributed by atoms with Crippen LogP contribution in [0.3, 0.4) is 0 Å². The van der Waals surface area contributed by atoms with Crippen molar-refractivity contribution < 1.29 is 19.0 Å². The lowest BCUT2D eigenvalue weighted by Crippen LogP contribution is -2.02. The number of hydrogen-bond acceptors (Lipinski definition) is 2. The first-order valence-corrected chi connectivity index (χ1v) is 5.78. The Morgan fingerprint density at radius 3 is 2.63 bits per heavy atom. The molecule has 19 heavy (non-hydrogen) atoms. The maximum Gasteiger partial charge on any atom is 0.337 e. The number of carbonyl (C=O) groups is 1. The summed E-state index contributed by atoms with van der Waals surface area (Å²) < 4.78 is 18.9. The third kappa shape index (κ3) is 2.53. The molecule has 0 aliphatic carbocycles. The molecule has 0 spiro atoms. The molecule has 2 aromatic carbocycles. The minimum Gasteiger partial charge on any atom is -0.497 e. The van der Waals surface area contributed by atoms with Gasteiger partial charge in [0.1, 0.15) is 11.6 Å². The van der Waals surface area contributed by atoms with E-state index in [0.29, 0.717) is 5.75 Å². The highest BCUT2D eigenvalue weighted by Gasteiger charge is 2.18. The maximum atomic E-state index is 13.9. The van der Waals surface area contributed by atoms with Crippen LogP contribution in [0.15, 0.2) is 36.4 Å². The average Bonchev–Trinajstić information content (AvgIpc) is 2.38. The van der Waals surface area contributed by atoms with Crippen molar-refractivity contribution in [1.29, 1.82) is 0 Å². The number of benzene rings is 2. The maximum absolute atomic E-state index is 13.9. The van der Waals surface area contributed by atoms with E-state index >= 15 is 0 Å². The molecular weight excluding hydrogens is 271 g/mol. The average molecular weight is 281 g/mol. The number of rotatable bonds is 3. The van der Waals surface area contributed by atoms with Crippen LogP contribution in [0.4, 0.5) is 4.39 Å². The summed E-state index contributed by atoms with van der Waals surface area (Å²) in [5.41, 5.74) is 0.229. The van der Waals surface area contributed by atoms with Crippen molar-refractivity contribution >= 4 is 17.6 Å². The number of carboxylic acid groups (broad SMARTS) is 1. The van der Waals surface area contributed by atoms with Crippen LogP contribution < -0.4 is 4.74 Å². The SMILES string of the molecule is COc1ccc(F)c(-c2cccc(Cl)c2C(=O)O)c1. The smallest absolute Gasteiger partial charge is 0.337 e. The third-order valence-corrected chi connectivity index (χ3v) is 3.01. The molecule has 0 saturated heterocycles. The Balaban J connectivity index is 2.72. The molecular formula is C14H10ClFO3. The predicted molar refractivity (Wildman–Crippen MR) is 70.4 cm³/mol. The molecule has 2 aromatic rings. The molecule has 0 saturated carbocycles. The molecule has 0 radical (unpaired) electrons. The monoisotopic (exact) mass is 280 g/mol. The van der Waals surface area contributed by atoms with Crippen molar-refractivity contribution in [1.82, 2.24) is 0 Å². The Bertz CT molecular complexity index is 641. The summed E-state index contributed by atoms with van der Waals surface area (Å²) in [6.45, 7) is 0. The van der Waals surface area contributed by atoms with Gasteiger partial charge in [0, 0.05) is 11.1 Å². The van der Waals surface area contributed by atoms with Gasteiger partial charge < -0.3 is 9.84 Å². The molecule has 0 aliphatic heterocycles. The van der Waals surface area contributed by atoms with Crippen LogP contribution in [0, 0.1) is 5.82 Å². The lowest BCUT2D eigenvalue weighted by Gasteiger charge is -2.10. The summed E-state index contributed by atoms with van der Waals surface area (Å²) in [7, 11) is 1.45. The van der Waals surface area contributed by atoms with Crippen molar-refractivity contribution in [3.8, 4) is 16.9 Å². The second kappa shape index (κ2) is 5.28. The van der Waals surface area contributed by atoms with Gasteiger partial charge in [-0.3, -0.25) is 0 Å². The number of ether oxygens (including phenoxy) is 1. The van der Waals surface area contributed by atoms with Crippen LogP contribution in [-0.4, -0.2) is 18.2 Å². The molecule has 0 aliphatic rings. The summed E-state index contributed by atoms with van der Waals surface area (Å²) >= 11 is 5.87. The molecule has 0 amide bonds. The zero-order chi connectivity index (χ0) is 14.0. The molecule has 0 atom stereocenters. The van der Waals surface area contributed by atoms with Crippen molar-refractivity contribution in [2.75, 3.05) is 7.11 Å². The summed E-state index contributed by atoms with van der Waals surface area (Å²) in [4.78, 5) is 11.2. The van der Waals surface area contributed by atoms with Crippen LogP contribution in [0.2, 0.25) is 5.02 Å². The molecule has 0 unspecified atom stereocenters. The van der Waals surface area contributed by atoms with Crippen LogP contribution in [-0.2, 0) is 0 Å².